The van der Waals surface area contributed by atoms with Crippen molar-refractivity contribution in [1.29, 1.82) is 0 Å². The van der Waals surface area contributed by atoms with Gasteiger partial charge in [0, 0.05) is 42.3 Å². The van der Waals surface area contributed by atoms with Crippen LogP contribution < -0.4 is 14.8 Å². The first-order chi connectivity index (χ1) is 21.8. The number of rotatable bonds is 9. The molecule has 0 aliphatic carbocycles. The molecule has 46 heavy (non-hydrogen) atoms. The second-order valence-electron chi connectivity index (χ2n) is 12.7. The Bertz CT molecular complexity index is 1820. The fraction of sp³-hybridized carbons (Fsp3) is 0.412. The lowest BCUT2D eigenvalue weighted by Crippen LogP contribution is -2.50. The van der Waals surface area contributed by atoms with E-state index in [1.165, 1.54) is 0 Å². The van der Waals surface area contributed by atoms with Crippen LogP contribution in [-0.2, 0) is 14.8 Å². The van der Waals surface area contributed by atoms with E-state index < -0.39 is 15.6 Å². The number of ether oxygens (including phenoxy) is 2. The molecule has 5 rings (SSSR count). The van der Waals surface area contributed by atoms with Gasteiger partial charge in [-0.05, 0) is 76.3 Å². The van der Waals surface area contributed by atoms with E-state index in [9.17, 15) is 13.2 Å². The number of carbonyl (C=O) groups is 1. The summed E-state index contributed by atoms with van der Waals surface area (Å²) < 4.78 is 39.9. The highest BCUT2D eigenvalue weighted by Gasteiger charge is 2.32. The van der Waals surface area contributed by atoms with Crippen LogP contribution in [0.1, 0.15) is 53.0 Å². The zero-order valence-electron chi connectivity index (χ0n) is 27.2. The minimum absolute atomic E-state index is 0.0351. The second kappa shape index (κ2) is 13.5. The Labute approximate surface area is 270 Å². The Morgan fingerprint density at radius 2 is 1.85 bits per heavy atom. The number of likely N-dealkylation sites (tertiary alicyclic amines) is 1. The number of aromatic nitrogens is 3. The number of amides is 1. The van der Waals surface area contributed by atoms with Crippen molar-refractivity contribution in [2.24, 2.45) is 5.92 Å². The van der Waals surface area contributed by atoms with Gasteiger partial charge in [-0.3, -0.25) is 4.72 Å². The second-order valence-corrected chi connectivity index (χ2v) is 14.5. The van der Waals surface area contributed by atoms with Gasteiger partial charge in [0.05, 0.1) is 22.7 Å². The van der Waals surface area contributed by atoms with Gasteiger partial charge in [0.1, 0.15) is 11.4 Å². The van der Waals surface area contributed by atoms with E-state index in [0.29, 0.717) is 54.0 Å². The number of piperidine rings is 1. The number of anilines is 2. The number of nitrogens with zero attached hydrogens (tertiary/aromatic N) is 4. The van der Waals surface area contributed by atoms with E-state index in [4.69, 9.17) is 14.5 Å². The Hall–Kier alpha value is -4.45. The highest BCUT2D eigenvalue weighted by Crippen LogP contribution is 2.39. The number of carbonyl (C=O) groups excluding carboxylic acids is 1. The van der Waals surface area contributed by atoms with Gasteiger partial charge in [0.25, 0.3) is 0 Å². The molecule has 12 heteroatoms. The van der Waals surface area contributed by atoms with E-state index >= 15 is 0 Å². The number of hydrogen-bond donors (Lipinski definition) is 2. The van der Waals surface area contributed by atoms with E-state index in [0.717, 1.165) is 22.8 Å². The molecular weight excluding hydrogens is 604 g/mol. The highest BCUT2D eigenvalue weighted by atomic mass is 32.2. The van der Waals surface area contributed by atoms with E-state index in [1.54, 1.807) is 35.5 Å². The lowest BCUT2D eigenvalue weighted by atomic mass is 9.94. The predicted molar refractivity (Wildman–Crippen MR) is 181 cm³/mol. The Morgan fingerprint density at radius 1 is 1.04 bits per heavy atom. The molecule has 0 unspecified atom stereocenters. The van der Waals surface area contributed by atoms with Gasteiger partial charge in [-0.25, -0.2) is 28.2 Å². The Balaban J connectivity index is 1.41. The smallest absolute Gasteiger partial charge is 0.410 e. The standard InChI is InChI=1S/C34H42N6O5S/c1-7-20-46(42,43)39-28-12-8-10-25-24(28)14-13-23(3)30(25)44-31-26(11-9-17-35-31)27-15-18-36-32(37-27)38-29-21-40(19-16-22(29)2)33(41)45-34(4,5)6/h8-15,17-18,22,29,39H,7,16,19-21H2,1-6H3,(H,36,37,38)/t22-,29-/m1/s1. The first-order valence-electron chi connectivity index (χ1n) is 15.6. The molecule has 2 aromatic heterocycles. The summed E-state index contributed by atoms with van der Waals surface area (Å²) in [5.41, 5.74) is 2.06. The van der Waals surface area contributed by atoms with Crippen molar-refractivity contribution >= 4 is 38.5 Å². The summed E-state index contributed by atoms with van der Waals surface area (Å²) in [5, 5.41) is 4.90. The van der Waals surface area contributed by atoms with Gasteiger partial charge >= 0.3 is 6.09 Å². The number of sulfonamides is 1. The largest absolute Gasteiger partial charge is 0.444 e. The minimum Gasteiger partial charge on any atom is -0.444 e. The summed E-state index contributed by atoms with van der Waals surface area (Å²) in [6.07, 6.45) is 4.34. The molecule has 2 N–H and O–H groups in total. The van der Waals surface area contributed by atoms with Gasteiger partial charge in [-0.2, -0.15) is 0 Å². The molecule has 11 nitrogen and oxygen atoms in total. The quantitative estimate of drug-likeness (QED) is 0.197. The maximum Gasteiger partial charge on any atom is 0.410 e. The van der Waals surface area contributed by atoms with Crippen molar-refractivity contribution < 1.29 is 22.7 Å². The van der Waals surface area contributed by atoms with E-state index in [2.05, 4.69) is 26.9 Å². The lowest BCUT2D eigenvalue weighted by molar-refractivity contribution is 0.0176. The van der Waals surface area contributed by atoms with Crippen LogP contribution in [0.5, 0.6) is 11.6 Å². The Kier molecular flexibility index (Phi) is 9.66. The van der Waals surface area contributed by atoms with Gasteiger partial charge in [-0.1, -0.05) is 38.1 Å². The van der Waals surface area contributed by atoms with Crippen LogP contribution in [-0.4, -0.2) is 64.8 Å². The van der Waals surface area contributed by atoms with Gasteiger partial charge in [0.15, 0.2) is 0 Å². The molecule has 1 amide bonds. The SMILES string of the molecule is CCCS(=O)(=O)Nc1cccc2c(Oc3ncccc3-c3ccnc(N[C@@H]4CN(C(=O)OC(C)(C)C)CC[C@H]4C)n3)c(C)ccc12. The average Bonchev–Trinajstić information content (AvgIpc) is 2.99. The first kappa shape index (κ1) is 32.9. The molecule has 0 bridgehead atoms. The molecule has 3 heterocycles. The maximum absolute atomic E-state index is 12.8. The van der Waals surface area contributed by atoms with Crippen molar-refractivity contribution in [3.8, 4) is 22.9 Å². The van der Waals surface area contributed by atoms with Crippen LogP contribution in [0.15, 0.2) is 60.9 Å². The summed E-state index contributed by atoms with van der Waals surface area (Å²) in [5.74, 6) is 1.67. The monoisotopic (exact) mass is 646 g/mol. The van der Waals surface area contributed by atoms with Crippen molar-refractivity contribution in [3.05, 3.63) is 66.5 Å². The molecular formula is C34H42N6O5S. The zero-order chi connectivity index (χ0) is 33.1. The molecule has 1 aliphatic heterocycles. The number of hydrogen-bond acceptors (Lipinski definition) is 9. The molecule has 1 aliphatic rings. The summed E-state index contributed by atoms with van der Waals surface area (Å²) in [6, 6.07) is 14.7. The summed E-state index contributed by atoms with van der Waals surface area (Å²) in [4.78, 5) is 28.3. The number of pyridine rings is 1. The minimum atomic E-state index is -3.48. The number of aryl methyl sites for hydroxylation is 1. The molecule has 2 atom stereocenters. The molecule has 0 saturated carbocycles. The fourth-order valence-electron chi connectivity index (χ4n) is 5.41. The van der Waals surface area contributed by atoms with Crippen molar-refractivity contribution in [2.45, 2.75) is 66.0 Å². The normalized spacial score (nSPS) is 17.0. The Morgan fingerprint density at radius 3 is 2.61 bits per heavy atom. The molecule has 2 aromatic carbocycles. The van der Waals surface area contributed by atoms with E-state index in [1.807, 2.05) is 65.0 Å². The van der Waals surface area contributed by atoms with Crippen LogP contribution in [0.3, 0.4) is 0 Å². The van der Waals surface area contributed by atoms with E-state index in [-0.39, 0.29) is 23.8 Å². The van der Waals surface area contributed by atoms with Crippen molar-refractivity contribution in [3.63, 3.8) is 0 Å². The molecule has 244 valence electrons. The molecule has 1 saturated heterocycles. The van der Waals surface area contributed by atoms with Crippen LogP contribution >= 0.6 is 0 Å². The molecule has 0 spiro atoms. The molecule has 1 fully saturated rings. The topological polar surface area (TPSA) is 136 Å². The maximum atomic E-state index is 12.8. The van der Waals surface area contributed by atoms with Crippen LogP contribution in [0.25, 0.3) is 22.0 Å². The van der Waals surface area contributed by atoms with Crippen LogP contribution in [0.2, 0.25) is 0 Å². The summed E-state index contributed by atoms with van der Waals surface area (Å²) >= 11 is 0. The first-order valence-corrected chi connectivity index (χ1v) is 17.2. The fourth-order valence-corrected chi connectivity index (χ4v) is 6.56. The number of fused-ring (bicyclic) bond motifs is 1. The summed E-state index contributed by atoms with van der Waals surface area (Å²) in [7, 11) is -3.48. The van der Waals surface area contributed by atoms with Crippen molar-refractivity contribution in [2.75, 3.05) is 28.9 Å². The predicted octanol–water partition coefficient (Wildman–Crippen LogP) is 7.00. The van der Waals surface area contributed by atoms with Gasteiger partial charge < -0.3 is 19.7 Å². The van der Waals surface area contributed by atoms with Crippen LogP contribution in [0, 0.1) is 12.8 Å². The third-order valence-corrected chi connectivity index (χ3v) is 9.25. The number of nitrogens with one attached hydrogen (secondary N) is 2. The van der Waals surface area contributed by atoms with Gasteiger partial charge in [-0.15, -0.1) is 0 Å². The number of benzene rings is 2. The summed E-state index contributed by atoms with van der Waals surface area (Å²) in [6.45, 7) is 12.6. The zero-order valence-corrected chi connectivity index (χ0v) is 28.0. The van der Waals surface area contributed by atoms with Crippen LogP contribution in [0.4, 0.5) is 16.4 Å². The van der Waals surface area contributed by atoms with Crippen molar-refractivity contribution in [1.82, 2.24) is 19.9 Å². The third kappa shape index (κ3) is 7.85. The molecule has 4 aromatic rings. The average molecular weight is 647 g/mol. The highest BCUT2D eigenvalue weighted by molar-refractivity contribution is 7.92. The van der Waals surface area contributed by atoms with Gasteiger partial charge in [0.2, 0.25) is 21.9 Å². The molecule has 0 radical (unpaired) electrons. The third-order valence-electron chi connectivity index (χ3n) is 7.77. The lowest BCUT2D eigenvalue weighted by Gasteiger charge is -2.38.